The van der Waals surface area contributed by atoms with E-state index in [9.17, 15) is 9.90 Å². The first-order valence-electron chi connectivity index (χ1n) is 9.43. The maximum atomic E-state index is 12.7. The number of anilines is 1. The largest absolute Gasteiger partial charge is 0.396 e. The van der Waals surface area contributed by atoms with Crippen LogP contribution < -0.4 is 10.9 Å². The van der Waals surface area contributed by atoms with Crippen molar-refractivity contribution in [3.63, 3.8) is 0 Å². The maximum absolute atomic E-state index is 12.7. The molecule has 0 radical (unpaired) electrons. The molecule has 152 valence electrons. The first-order chi connectivity index (χ1) is 13.9. The highest BCUT2D eigenvalue weighted by Gasteiger charge is 2.14. The number of nitrogens with one attached hydrogen (secondary N) is 2. The van der Waals surface area contributed by atoms with E-state index in [1.54, 1.807) is 12.1 Å². The normalized spacial score (nSPS) is 10.9. The fourth-order valence-electron chi connectivity index (χ4n) is 3.13. The lowest BCUT2D eigenvalue weighted by atomic mass is 10.0. The minimum atomic E-state index is -0.139. The lowest BCUT2D eigenvalue weighted by Gasteiger charge is -2.25. The number of hydrogen-bond donors (Lipinski definition) is 3. The van der Waals surface area contributed by atoms with Gasteiger partial charge in [0.1, 0.15) is 0 Å². The van der Waals surface area contributed by atoms with Crippen LogP contribution in [0.5, 0.6) is 0 Å². The van der Waals surface area contributed by atoms with Gasteiger partial charge >= 0.3 is 0 Å². The van der Waals surface area contributed by atoms with E-state index in [1.165, 1.54) is 5.56 Å². The molecular weight excluding hydrogens is 406 g/mol. The van der Waals surface area contributed by atoms with Crippen LogP contribution in [0.3, 0.4) is 0 Å². The molecule has 0 unspecified atom stereocenters. The van der Waals surface area contributed by atoms with E-state index in [-0.39, 0.29) is 12.2 Å². The van der Waals surface area contributed by atoms with Gasteiger partial charge in [0.15, 0.2) is 5.11 Å². The van der Waals surface area contributed by atoms with Gasteiger partial charge in [0.05, 0.1) is 6.54 Å². The molecule has 7 heteroatoms. The third-order valence-electron chi connectivity index (χ3n) is 4.85. The number of halogens is 1. The number of rotatable bonds is 6. The van der Waals surface area contributed by atoms with E-state index >= 15 is 0 Å². The SMILES string of the molecule is Cc1cc2cc(CN(CCCO)C(=S)Nc3cccc(Cl)c3)c(=O)[nH]c2cc1C. The van der Waals surface area contributed by atoms with Gasteiger partial charge in [-0.15, -0.1) is 0 Å². The molecule has 0 atom stereocenters. The van der Waals surface area contributed by atoms with Crippen molar-refractivity contribution in [2.75, 3.05) is 18.5 Å². The Labute approximate surface area is 180 Å². The average molecular weight is 430 g/mol. The summed E-state index contributed by atoms with van der Waals surface area (Å²) in [5.41, 5.74) is 4.39. The van der Waals surface area contributed by atoms with Gasteiger partial charge in [0, 0.05) is 34.9 Å². The number of aliphatic hydroxyl groups is 1. The van der Waals surface area contributed by atoms with Gasteiger partial charge in [-0.25, -0.2) is 0 Å². The van der Waals surface area contributed by atoms with Crippen molar-refractivity contribution >= 4 is 45.5 Å². The first-order valence-corrected chi connectivity index (χ1v) is 10.2. The van der Waals surface area contributed by atoms with Crippen LogP contribution >= 0.6 is 23.8 Å². The van der Waals surface area contributed by atoms with Crippen LogP contribution in [0.1, 0.15) is 23.1 Å². The van der Waals surface area contributed by atoms with Crippen LogP contribution in [0.4, 0.5) is 5.69 Å². The second-order valence-electron chi connectivity index (χ2n) is 7.09. The molecule has 0 aliphatic rings. The van der Waals surface area contributed by atoms with Crippen molar-refractivity contribution in [3.8, 4) is 0 Å². The number of pyridine rings is 1. The molecule has 3 N–H and O–H groups in total. The minimum absolute atomic E-state index is 0.0445. The Morgan fingerprint density at radius 1 is 1.21 bits per heavy atom. The Bertz CT molecular complexity index is 1100. The fourth-order valence-corrected chi connectivity index (χ4v) is 3.59. The first kappa shape index (κ1) is 21.3. The molecule has 0 saturated heterocycles. The van der Waals surface area contributed by atoms with Crippen LogP contribution in [-0.2, 0) is 6.54 Å². The summed E-state index contributed by atoms with van der Waals surface area (Å²) >= 11 is 11.6. The summed E-state index contributed by atoms with van der Waals surface area (Å²) in [5.74, 6) is 0. The van der Waals surface area contributed by atoms with Crippen molar-refractivity contribution < 1.29 is 5.11 Å². The Kier molecular flexibility index (Phi) is 6.90. The number of thiocarbonyl (C=S) groups is 1. The predicted octanol–water partition coefficient (Wildman–Crippen LogP) is 4.38. The highest BCUT2D eigenvalue weighted by molar-refractivity contribution is 7.80. The van der Waals surface area contributed by atoms with Gasteiger partial charge in [0.2, 0.25) is 0 Å². The Morgan fingerprint density at radius 2 is 1.97 bits per heavy atom. The zero-order chi connectivity index (χ0) is 21.0. The molecule has 3 aromatic rings. The van der Waals surface area contributed by atoms with Gasteiger partial charge in [-0.1, -0.05) is 17.7 Å². The summed E-state index contributed by atoms with van der Waals surface area (Å²) < 4.78 is 0. The second-order valence-corrected chi connectivity index (χ2v) is 7.91. The van der Waals surface area contributed by atoms with E-state index in [4.69, 9.17) is 23.8 Å². The van der Waals surface area contributed by atoms with Crippen LogP contribution in [0, 0.1) is 13.8 Å². The maximum Gasteiger partial charge on any atom is 0.253 e. The number of aryl methyl sites for hydroxylation is 2. The van der Waals surface area contributed by atoms with Crippen LogP contribution in [0.15, 0.2) is 47.3 Å². The molecule has 1 heterocycles. The summed E-state index contributed by atoms with van der Waals surface area (Å²) in [5, 5.41) is 14.5. The number of H-pyrrole nitrogens is 1. The molecule has 1 aromatic heterocycles. The van der Waals surface area contributed by atoms with Crippen molar-refractivity contribution in [2.45, 2.75) is 26.8 Å². The summed E-state index contributed by atoms with van der Waals surface area (Å²) in [7, 11) is 0. The Hall–Kier alpha value is -2.41. The highest BCUT2D eigenvalue weighted by atomic mass is 35.5. The van der Waals surface area contributed by atoms with Crippen LogP contribution in [0.2, 0.25) is 5.02 Å². The predicted molar refractivity (Wildman–Crippen MR) is 124 cm³/mol. The molecule has 2 aromatic carbocycles. The number of aromatic nitrogens is 1. The summed E-state index contributed by atoms with van der Waals surface area (Å²) in [6.07, 6.45) is 0.543. The van der Waals surface area contributed by atoms with E-state index < -0.39 is 0 Å². The van der Waals surface area contributed by atoms with E-state index in [1.807, 2.05) is 36.1 Å². The summed E-state index contributed by atoms with van der Waals surface area (Å²) in [6, 6.07) is 13.3. The molecule has 0 spiro atoms. The van der Waals surface area contributed by atoms with Crippen molar-refractivity contribution in [1.29, 1.82) is 0 Å². The molecule has 29 heavy (non-hydrogen) atoms. The van der Waals surface area contributed by atoms with Crippen molar-refractivity contribution in [2.24, 2.45) is 0 Å². The van der Waals surface area contributed by atoms with Gasteiger partial charge in [-0.05, 0) is 85.4 Å². The van der Waals surface area contributed by atoms with Gasteiger partial charge in [0.25, 0.3) is 5.56 Å². The van der Waals surface area contributed by atoms with Crippen LogP contribution in [0.25, 0.3) is 10.9 Å². The number of benzene rings is 2. The summed E-state index contributed by atoms with van der Waals surface area (Å²) in [4.78, 5) is 17.5. The van der Waals surface area contributed by atoms with Gasteiger partial charge in [-0.3, -0.25) is 4.79 Å². The van der Waals surface area contributed by atoms with Gasteiger partial charge in [-0.2, -0.15) is 0 Å². The molecule has 0 bridgehead atoms. The topological polar surface area (TPSA) is 68.4 Å². The van der Waals surface area contributed by atoms with Crippen LogP contribution in [-0.4, -0.2) is 33.3 Å². The van der Waals surface area contributed by atoms with E-state index in [2.05, 4.69) is 23.3 Å². The number of nitrogens with zero attached hydrogens (tertiary/aromatic N) is 1. The second kappa shape index (κ2) is 9.39. The lowest BCUT2D eigenvalue weighted by molar-refractivity contribution is 0.266. The molecule has 3 rings (SSSR count). The van der Waals surface area contributed by atoms with E-state index in [0.29, 0.717) is 35.2 Å². The van der Waals surface area contributed by atoms with Gasteiger partial charge < -0.3 is 20.3 Å². The number of hydrogen-bond acceptors (Lipinski definition) is 3. The zero-order valence-corrected chi connectivity index (χ0v) is 18.0. The molecule has 5 nitrogen and oxygen atoms in total. The minimum Gasteiger partial charge on any atom is -0.396 e. The fraction of sp³-hybridized carbons (Fsp3) is 0.273. The molecule has 0 fully saturated rings. The number of fused-ring (bicyclic) bond motifs is 1. The standard InChI is InChI=1S/C22H24ClN3O2S/c1-14-9-16-11-17(21(28)25-20(16)10-15(14)2)13-26(7-4-8-27)22(29)24-19-6-3-5-18(23)12-19/h3,5-6,9-12,27H,4,7-8,13H2,1-2H3,(H,24,29)(H,25,28). The molecule has 0 aliphatic carbocycles. The number of aliphatic hydroxyl groups excluding tert-OH is 1. The lowest BCUT2D eigenvalue weighted by Crippen LogP contribution is -2.37. The quantitative estimate of drug-likeness (QED) is 0.507. The van der Waals surface area contributed by atoms with E-state index in [0.717, 1.165) is 22.2 Å². The molecule has 0 aliphatic heterocycles. The monoisotopic (exact) mass is 429 g/mol. The average Bonchev–Trinajstić information content (AvgIpc) is 2.67. The van der Waals surface area contributed by atoms with Crippen molar-refractivity contribution in [3.05, 3.63) is 74.5 Å². The third-order valence-corrected chi connectivity index (χ3v) is 5.44. The van der Waals surface area contributed by atoms with Crippen molar-refractivity contribution in [1.82, 2.24) is 9.88 Å². The summed E-state index contributed by atoms with van der Waals surface area (Å²) in [6.45, 7) is 4.98. The zero-order valence-electron chi connectivity index (χ0n) is 16.5. The Morgan fingerprint density at radius 3 is 2.69 bits per heavy atom. The number of aromatic amines is 1. The Balaban J connectivity index is 1.87. The highest BCUT2D eigenvalue weighted by Crippen LogP contribution is 2.19. The molecule has 0 amide bonds. The third kappa shape index (κ3) is 5.35. The molecule has 0 saturated carbocycles. The smallest absolute Gasteiger partial charge is 0.253 e. The molecular formula is C22H24ClN3O2S.